The summed E-state index contributed by atoms with van der Waals surface area (Å²) in [6.45, 7) is 6.04. The minimum atomic E-state index is -0.128. The van der Waals surface area contributed by atoms with Gasteiger partial charge in [-0.1, -0.05) is 6.08 Å². The highest BCUT2D eigenvalue weighted by Crippen LogP contribution is 2.45. The van der Waals surface area contributed by atoms with E-state index in [2.05, 4.69) is 16.9 Å². The van der Waals surface area contributed by atoms with Crippen LogP contribution in [0.2, 0.25) is 0 Å². The smallest absolute Gasteiger partial charge is 0.275 e. The van der Waals surface area contributed by atoms with Gasteiger partial charge in [0, 0.05) is 50.5 Å². The van der Waals surface area contributed by atoms with Gasteiger partial charge >= 0.3 is 0 Å². The molecule has 1 aliphatic carbocycles. The number of carbonyl (C=O) groups is 1. The van der Waals surface area contributed by atoms with Gasteiger partial charge in [0.15, 0.2) is 0 Å². The molecule has 3 heterocycles. The summed E-state index contributed by atoms with van der Waals surface area (Å²) in [6.07, 6.45) is 5.03. The summed E-state index contributed by atoms with van der Waals surface area (Å²) in [5.41, 5.74) is 0.920. The van der Waals surface area contributed by atoms with Crippen molar-refractivity contribution in [1.82, 2.24) is 19.8 Å². The molecular weight excluding hydrogens is 292 g/mol. The van der Waals surface area contributed by atoms with Crippen LogP contribution in [0.25, 0.3) is 10.9 Å². The fraction of sp³-hybridized carbons (Fsp3) is 0.412. The summed E-state index contributed by atoms with van der Waals surface area (Å²) in [5, 5.41) is 4.04. The van der Waals surface area contributed by atoms with E-state index in [4.69, 9.17) is 0 Å². The summed E-state index contributed by atoms with van der Waals surface area (Å²) in [4.78, 5) is 30.2. The van der Waals surface area contributed by atoms with Crippen molar-refractivity contribution in [3.05, 3.63) is 47.0 Å². The van der Waals surface area contributed by atoms with Gasteiger partial charge in [0.05, 0.1) is 5.56 Å². The van der Waals surface area contributed by atoms with Gasteiger partial charge in [-0.15, -0.1) is 6.58 Å². The third kappa shape index (κ3) is 2.05. The number of rotatable bonds is 4. The molecule has 0 spiro atoms. The average molecular weight is 312 g/mol. The van der Waals surface area contributed by atoms with E-state index in [1.807, 2.05) is 11.9 Å². The molecule has 0 aromatic carbocycles. The van der Waals surface area contributed by atoms with Crippen LogP contribution < -0.4 is 10.9 Å². The highest BCUT2D eigenvalue weighted by atomic mass is 16.2. The molecule has 0 radical (unpaired) electrons. The number of aromatic nitrogens is 2. The number of allylic oxidation sites excluding steroid dienone is 1. The Bertz CT molecular complexity index is 840. The largest absolute Gasteiger partial charge is 0.357 e. The lowest BCUT2D eigenvalue weighted by molar-refractivity contribution is 0.0770. The summed E-state index contributed by atoms with van der Waals surface area (Å²) < 4.78 is 1.53. The quantitative estimate of drug-likeness (QED) is 0.821. The highest BCUT2D eigenvalue weighted by Gasteiger charge is 2.56. The van der Waals surface area contributed by atoms with Crippen molar-refractivity contribution in [3.63, 3.8) is 0 Å². The molecule has 2 aromatic rings. The number of nitrogens with one attached hydrogen (secondary N) is 2. The number of nitrogens with zero attached hydrogens (tertiary/aromatic N) is 2. The molecule has 2 N–H and O–H groups in total. The van der Waals surface area contributed by atoms with Crippen molar-refractivity contribution in [3.8, 4) is 0 Å². The van der Waals surface area contributed by atoms with Gasteiger partial charge in [0.25, 0.3) is 11.5 Å². The van der Waals surface area contributed by atoms with Gasteiger partial charge in [-0.3, -0.25) is 9.59 Å². The number of hydrogen-bond acceptors (Lipinski definition) is 3. The number of aromatic amines is 1. The molecule has 2 aliphatic rings. The summed E-state index contributed by atoms with van der Waals surface area (Å²) in [5.74, 6) is 1.13. The van der Waals surface area contributed by atoms with Crippen molar-refractivity contribution < 1.29 is 4.79 Å². The van der Waals surface area contributed by atoms with Crippen molar-refractivity contribution in [2.24, 2.45) is 11.8 Å². The molecular formula is C17H20N4O2. The molecule has 23 heavy (non-hydrogen) atoms. The summed E-state index contributed by atoms with van der Waals surface area (Å²) in [6, 6.07) is 2.11. The van der Waals surface area contributed by atoms with Crippen LogP contribution in [0.3, 0.4) is 0 Å². The molecule has 1 amide bonds. The zero-order valence-electron chi connectivity index (χ0n) is 13.1. The molecule has 6 heteroatoms. The van der Waals surface area contributed by atoms with E-state index in [-0.39, 0.29) is 11.5 Å². The zero-order chi connectivity index (χ0) is 16.1. The first-order valence-electron chi connectivity index (χ1n) is 7.92. The number of pyridine rings is 1. The molecule has 3 atom stereocenters. The lowest BCUT2D eigenvalue weighted by atomic mass is 10.1. The van der Waals surface area contributed by atoms with Gasteiger partial charge in [-0.2, -0.15) is 0 Å². The van der Waals surface area contributed by atoms with E-state index in [9.17, 15) is 9.59 Å². The maximum Gasteiger partial charge on any atom is 0.275 e. The molecule has 1 saturated carbocycles. The number of fused-ring (bicyclic) bond motifs is 2. The molecule has 1 saturated heterocycles. The number of carbonyl (C=O) groups excluding carboxylic acids is 1. The Hall–Kier alpha value is -2.34. The van der Waals surface area contributed by atoms with E-state index in [1.54, 1.807) is 24.5 Å². The highest BCUT2D eigenvalue weighted by molar-refractivity contribution is 6.06. The monoisotopic (exact) mass is 312 g/mol. The number of amides is 1. The maximum atomic E-state index is 13.0. The Morgan fingerprint density at radius 1 is 1.48 bits per heavy atom. The minimum Gasteiger partial charge on any atom is -0.357 e. The number of hydrogen-bond donors (Lipinski definition) is 2. The second-order valence-electron chi connectivity index (χ2n) is 6.45. The Morgan fingerprint density at radius 3 is 2.91 bits per heavy atom. The van der Waals surface area contributed by atoms with E-state index in [1.165, 1.54) is 4.57 Å². The fourth-order valence-corrected chi connectivity index (χ4v) is 3.93. The summed E-state index contributed by atoms with van der Waals surface area (Å²) >= 11 is 0. The van der Waals surface area contributed by atoms with Crippen LogP contribution in [0.5, 0.6) is 0 Å². The van der Waals surface area contributed by atoms with Crippen molar-refractivity contribution in [1.29, 1.82) is 0 Å². The van der Waals surface area contributed by atoms with Crippen LogP contribution in [-0.4, -0.2) is 46.5 Å². The van der Waals surface area contributed by atoms with Crippen molar-refractivity contribution in [2.75, 3.05) is 20.1 Å². The van der Waals surface area contributed by atoms with E-state index in [0.29, 0.717) is 40.9 Å². The second-order valence-corrected chi connectivity index (χ2v) is 6.45. The fourth-order valence-electron chi connectivity index (χ4n) is 3.93. The van der Waals surface area contributed by atoms with Crippen LogP contribution in [-0.2, 0) is 6.54 Å². The molecule has 1 aliphatic heterocycles. The first kappa shape index (κ1) is 14.3. The molecule has 0 bridgehead atoms. The minimum absolute atomic E-state index is 0.0215. The Kier molecular flexibility index (Phi) is 3.16. The van der Waals surface area contributed by atoms with Crippen LogP contribution in [0.15, 0.2) is 35.9 Å². The molecule has 2 fully saturated rings. The van der Waals surface area contributed by atoms with Gasteiger partial charge in [-0.05, 0) is 17.9 Å². The predicted molar refractivity (Wildman–Crippen MR) is 88.5 cm³/mol. The van der Waals surface area contributed by atoms with Gasteiger partial charge < -0.3 is 19.8 Å². The number of piperidine rings is 1. The SMILES string of the molecule is C=CCn1cc(C(=O)N(C)C2[C@H]3CNC[C@@H]23)c2cc[nH]c2c1=O. The third-order valence-corrected chi connectivity index (χ3v) is 5.17. The summed E-state index contributed by atoms with van der Waals surface area (Å²) in [7, 11) is 1.87. The molecule has 6 nitrogen and oxygen atoms in total. The lowest BCUT2D eigenvalue weighted by Crippen LogP contribution is -2.35. The Morgan fingerprint density at radius 2 is 2.22 bits per heavy atom. The molecule has 120 valence electrons. The molecule has 2 aromatic heterocycles. The zero-order valence-corrected chi connectivity index (χ0v) is 13.1. The first-order chi connectivity index (χ1) is 11.1. The number of H-pyrrole nitrogens is 1. The van der Waals surface area contributed by atoms with Crippen LogP contribution in [0.1, 0.15) is 10.4 Å². The Balaban J connectivity index is 1.74. The second kappa shape index (κ2) is 5.09. The predicted octanol–water partition coefficient (Wildman–Crippen LogP) is 0.805. The van der Waals surface area contributed by atoms with E-state index >= 15 is 0 Å². The van der Waals surface area contributed by atoms with Crippen LogP contribution >= 0.6 is 0 Å². The topological polar surface area (TPSA) is 70.1 Å². The van der Waals surface area contributed by atoms with Crippen LogP contribution in [0.4, 0.5) is 0 Å². The van der Waals surface area contributed by atoms with Gasteiger partial charge in [0.2, 0.25) is 0 Å². The van der Waals surface area contributed by atoms with Gasteiger partial charge in [0.1, 0.15) is 5.52 Å². The van der Waals surface area contributed by atoms with Crippen molar-refractivity contribution in [2.45, 2.75) is 12.6 Å². The standard InChI is InChI=1S/C17H20N4O2/c1-3-6-21-9-13(10-4-5-19-14(10)17(21)23)16(22)20(2)15-11-7-18-8-12(11)15/h3-5,9,11-12,15,18-19H,1,6-8H2,2H3/t11-,12+,15?. The molecule has 4 rings (SSSR count). The molecule has 1 unspecified atom stereocenters. The van der Waals surface area contributed by atoms with Crippen LogP contribution in [0, 0.1) is 11.8 Å². The lowest BCUT2D eigenvalue weighted by Gasteiger charge is -2.20. The average Bonchev–Trinajstić information content (AvgIpc) is 2.96. The Labute approximate surface area is 133 Å². The maximum absolute atomic E-state index is 13.0. The normalized spacial score (nSPS) is 25.3. The van der Waals surface area contributed by atoms with E-state index in [0.717, 1.165) is 13.1 Å². The van der Waals surface area contributed by atoms with Crippen molar-refractivity contribution >= 4 is 16.8 Å². The van der Waals surface area contributed by atoms with E-state index < -0.39 is 0 Å². The van der Waals surface area contributed by atoms with Gasteiger partial charge in [-0.25, -0.2) is 0 Å². The first-order valence-corrected chi connectivity index (χ1v) is 7.92. The third-order valence-electron chi connectivity index (χ3n) is 5.17.